The highest BCUT2D eigenvalue weighted by molar-refractivity contribution is 6.42. The van der Waals surface area contributed by atoms with Gasteiger partial charge in [-0.2, -0.15) is 0 Å². The Balaban J connectivity index is 1.90. The number of amides is 3. The van der Waals surface area contributed by atoms with E-state index in [0.29, 0.717) is 20.6 Å². The fourth-order valence-corrected chi connectivity index (χ4v) is 3.04. The summed E-state index contributed by atoms with van der Waals surface area (Å²) in [5.74, 6) is -0.346. The van der Waals surface area contributed by atoms with Crippen LogP contribution in [0.5, 0.6) is 0 Å². The average molecular weight is 384 g/mol. The second-order valence-electron chi connectivity index (χ2n) is 5.70. The van der Waals surface area contributed by atoms with Gasteiger partial charge >= 0.3 is 6.03 Å². The number of nitrogens with zero attached hydrogens (tertiary/aromatic N) is 1. The highest BCUT2D eigenvalue weighted by Crippen LogP contribution is 2.33. The van der Waals surface area contributed by atoms with E-state index in [-0.39, 0.29) is 12.5 Å². The van der Waals surface area contributed by atoms with Crippen LogP contribution in [-0.2, 0) is 16.9 Å². The highest BCUT2D eigenvalue weighted by Gasteiger charge is 2.49. The Labute approximate surface area is 154 Å². The molecule has 0 aromatic heterocycles. The molecule has 0 spiro atoms. The second kappa shape index (κ2) is 6.28. The molecule has 2 aromatic rings. The maximum atomic E-state index is 12.8. The van der Waals surface area contributed by atoms with Gasteiger partial charge in [0.15, 0.2) is 0 Å². The highest BCUT2D eigenvalue weighted by atomic mass is 35.5. The molecular formula is C17H13Cl3N2O2. The smallest absolute Gasteiger partial charge is 0.319 e. The van der Waals surface area contributed by atoms with Gasteiger partial charge in [0, 0.05) is 5.02 Å². The molecule has 1 fully saturated rings. The molecule has 0 bridgehead atoms. The third-order valence-corrected chi connectivity index (χ3v) is 5.02. The summed E-state index contributed by atoms with van der Waals surface area (Å²) in [4.78, 5) is 26.3. The molecule has 124 valence electrons. The average Bonchev–Trinajstić information content (AvgIpc) is 2.76. The van der Waals surface area contributed by atoms with Crippen molar-refractivity contribution in [1.82, 2.24) is 10.2 Å². The van der Waals surface area contributed by atoms with Gasteiger partial charge in [-0.1, -0.05) is 53.0 Å². The van der Waals surface area contributed by atoms with Crippen LogP contribution in [0.2, 0.25) is 15.1 Å². The van der Waals surface area contributed by atoms with Crippen molar-refractivity contribution in [2.75, 3.05) is 0 Å². The Morgan fingerprint density at radius 1 is 1.00 bits per heavy atom. The molecule has 0 aliphatic carbocycles. The molecule has 2 aromatic carbocycles. The summed E-state index contributed by atoms with van der Waals surface area (Å²) in [6, 6.07) is 11.4. The Bertz CT molecular complexity index is 823. The predicted octanol–water partition coefficient (Wildman–Crippen LogP) is 4.61. The zero-order valence-electron chi connectivity index (χ0n) is 12.6. The number of carbonyl (C=O) groups excluding carboxylic acids is 2. The Morgan fingerprint density at radius 3 is 2.29 bits per heavy atom. The number of hydrogen-bond acceptors (Lipinski definition) is 2. The van der Waals surface area contributed by atoms with Gasteiger partial charge in [0.05, 0.1) is 16.6 Å². The number of carbonyl (C=O) groups is 2. The van der Waals surface area contributed by atoms with Crippen molar-refractivity contribution >= 4 is 46.7 Å². The summed E-state index contributed by atoms with van der Waals surface area (Å²) in [6.07, 6.45) is 0. The molecule has 3 rings (SSSR count). The first kappa shape index (κ1) is 17.1. The summed E-state index contributed by atoms with van der Waals surface area (Å²) in [6.45, 7) is 1.81. The van der Waals surface area contributed by atoms with Gasteiger partial charge in [0.2, 0.25) is 0 Å². The summed E-state index contributed by atoms with van der Waals surface area (Å²) in [5.41, 5.74) is 0.202. The minimum Gasteiger partial charge on any atom is -0.319 e. The van der Waals surface area contributed by atoms with Gasteiger partial charge in [0.1, 0.15) is 5.54 Å². The Hall–Kier alpha value is -1.75. The first-order valence-electron chi connectivity index (χ1n) is 7.15. The normalized spacial score (nSPS) is 20.4. The SMILES string of the molecule is CC1(c2ccc(Cl)c(Cl)c2)NC(=O)N(Cc2ccc(Cl)cc2)C1=O. The molecule has 1 heterocycles. The van der Waals surface area contributed by atoms with Crippen LogP contribution in [0.4, 0.5) is 4.79 Å². The van der Waals surface area contributed by atoms with Crippen molar-refractivity contribution in [3.05, 3.63) is 68.7 Å². The van der Waals surface area contributed by atoms with Gasteiger partial charge in [-0.25, -0.2) is 4.79 Å². The predicted molar refractivity (Wildman–Crippen MR) is 94.3 cm³/mol. The van der Waals surface area contributed by atoms with Crippen LogP contribution >= 0.6 is 34.8 Å². The van der Waals surface area contributed by atoms with E-state index >= 15 is 0 Å². The van der Waals surface area contributed by atoms with Crippen LogP contribution in [0.1, 0.15) is 18.1 Å². The lowest BCUT2D eigenvalue weighted by atomic mass is 9.92. The Kier molecular flexibility index (Phi) is 4.47. The first-order chi connectivity index (χ1) is 11.3. The van der Waals surface area contributed by atoms with E-state index in [9.17, 15) is 9.59 Å². The number of urea groups is 1. The van der Waals surface area contributed by atoms with Crippen molar-refractivity contribution in [3.8, 4) is 0 Å². The fraction of sp³-hybridized carbons (Fsp3) is 0.176. The number of nitrogens with one attached hydrogen (secondary N) is 1. The lowest BCUT2D eigenvalue weighted by molar-refractivity contribution is -0.131. The fourth-order valence-electron chi connectivity index (χ4n) is 2.62. The molecule has 24 heavy (non-hydrogen) atoms. The summed E-state index contributed by atoms with van der Waals surface area (Å²) < 4.78 is 0. The quantitative estimate of drug-likeness (QED) is 0.787. The van der Waals surface area contributed by atoms with E-state index in [1.54, 1.807) is 49.4 Å². The summed E-state index contributed by atoms with van der Waals surface area (Å²) in [5, 5.41) is 4.04. The van der Waals surface area contributed by atoms with Gasteiger partial charge in [0.25, 0.3) is 5.91 Å². The molecule has 0 radical (unpaired) electrons. The number of hydrogen-bond donors (Lipinski definition) is 1. The monoisotopic (exact) mass is 382 g/mol. The van der Waals surface area contributed by atoms with Crippen molar-refractivity contribution in [3.63, 3.8) is 0 Å². The molecular weight excluding hydrogens is 371 g/mol. The Morgan fingerprint density at radius 2 is 1.67 bits per heavy atom. The minimum absolute atomic E-state index is 0.165. The zero-order valence-corrected chi connectivity index (χ0v) is 14.9. The van der Waals surface area contributed by atoms with Crippen LogP contribution < -0.4 is 5.32 Å². The van der Waals surface area contributed by atoms with Gasteiger partial charge < -0.3 is 5.32 Å². The topological polar surface area (TPSA) is 49.4 Å². The van der Waals surface area contributed by atoms with E-state index in [4.69, 9.17) is 34.8 Å². The molecule has 1 aliphatic heterocycles. The van der Waals surface area contributed by atoms with Gasteiger partial charge in [-0.15, -0.1) is 0 Å². The van der Waals surface area contributed by atoms with E-state index in [2.05, 4.69) is 5.32 Å². The van der Waals surface area contributed by atoms with Crippen molar-refractivity contribution < 1.29 is 9.59 Å². The lowest BCUT2D eigenvalue weighted by Gasteiger charge is -2.22. The van der Waals surface area contributed by atoms with Crippen LogP contribution in [0.3, 0.4) is 0 Å². The summed E-state index contributed by atoms with van der Waals surface area (Å²) in [7, 11) is 0. The third kappa shape index (κ3) is 2.97. The molecule has 3 amide bonds. The van der Waals surface area contributed by atoms with Crippen LogP contribution in [0, 0.1) is 0 Å². The maximum Gasteiger partial charge on any atom is 0.325 e. The van der Waals surface area contributed by atoms with Crippen LogP contribution in [-0.4, -0.2) is 16.8 Å². The molecule has 1 aliphatic rings. The van der Waals surface area contributed by atoms with Crippen LogP contribution in [0.25, 0.3) is 0 Å². The van der Waals surface area contributed by atoms with Crippen molar-refractivity contribution in [1.29, 1.82) is 0 Å². The van der Waals surface area contributed by atoms with E-state index in [1.807, 2.05) is 0 Å². The summed E-state index contributed by atoms with van der Waals surface area (Å²) >= 11 is 17.8. The number of halogens is 3. The first-order valence-corrected chi connectivity index (χ1v) is 8.29. The minimum atomic E-state index is -1.18. The molecule has 1 atom stereocenters. The van der Waals surface area contributed by atoms with E-state index in [0.717, 1.165) is 5.56 Å². The lowest BCUT2D eigenvalue weighted by Crippen LogP contribution is -2.40. The van der Waals surface area contributed by atoms with Gasteiger partial charge in [-0.3, -0.25) is 9.69 Å². The van der Waals surface area contributed by atoms with Crippen molar-refractivity contribution in [2.24, 2.45) is 0 Å². The van der Waals surface area contributed by atoms with Gasteiger partial charge in [-0.05, 0) is 42.3 Å². The third-order valence-electron chi connectivity index (χ3n) is 4.03. The van der Waals surface area contributed by atoms with Crippen LogP contribution in [0.15, 0.2) is 42.5 Å². The molecule has 4 nitrogen and oxygen atoms in total. The number of benzene rings is 2. The van der Waals surface area contributed by atoms with Crippen molar-refractivity contribution in [2.45, 2.75) is 19.0 Å². The van der Waals surface area contributed by atoms with E-state index in [1.165, 1.54) is 4.90 Å². The molecule has 7 heteroatoms. The number of rotatable bonds is 3. The maximum absolute atomic E-state index is 12.8. The molecule has 1 unspecified atom stereocenters. The zero-order chi connectivity index (χ0) is 17.5. The second-order valence-corrected chi connectivity index (χ2v) is 6.95. The molecule has 0 saturated carbocycles. The molecule has 1 N–H and O–H groups in total. The molecule has 1 saturated heterocycles. The largest absolute Gasteiger partial charge is 0.325 e. The van der Waals surface area contributed by atoms with E-state index < -0.39 is 11.6 Å². The standard InChI is InChI=1S/C17H13Cl3N2O2/c1-17(11-4-7-13(19)14(20)8-11)15(23)22(16(24)21-17)9-10-2-5-12(18)6-3-10/h2-8H,9H2,1H3,(H,21,24). The number of imide groups is 1.